The number of aliphatic hydroxyl groups excluding tert-OH is 1. The van der Waals surface area contributed by atoms with Gasteiger partial charge in [-0.1, -0.05) is 0 Å². The molecule has 1 aromatic heterocycles. The molecule has 0 radical (unpaired) electrons. The van der Waals surface area contributed by atoms with Crippen LogP contribution in [0.1, 0.15) is 17.6 Å². The highest BCUT2D eigenvalue weighted by Crippen LogP contribution is 2.18. The van der Waals surface area contributed by atoms with Crippen LogP contribution in [0.5, 0.6) is 0 Å². The molecule has 21 heavy (non-hydrogen) atoms. The van der Waals surface area contributed by atoms with E-state index in [9.17, 15) is 22.3 Å². The van der Waals surface area contributed by atoms with E-state index in [1.165, 1.54) is 6.07 Å². The van der Waals surface area contributed by atoms with Crippen LogP contribution in [-0.4, -0.2) is 20.1 Å². The van der Waals surface area contributed by atoms with Crippen LogP contribution in [0.4, 0.5) is 8.78 Å². The lowest BCUT2D eigenvalue weighted by molar-refractivity contribution is 0.152. The van der Waals surface area contributed by atoms with E-state index in [0.29, 0.717) is 11.8 Å². The summed E-state index contributed by atoms with van der Waals surface area (Å²) in [5, 5.41) is 9.78. The molecule has 2 N–H and O–H groups in total. The maximum atomic E-state index is 13.5. The highest BCUT2D eigenvalue weighted by atomic mass is 32.2. The number of sulfonamides is 1. The van der Waals surface area contributed by atoms with E-state index in [-0.39, 0.29) is 5.76 Å². The van der Waals surface area contributed by atoms with Crippen LogP contribution < -0.4 is 4.72 Å². The number of aryl methyl sites for hydroxylation is 1. The van der Waals surface area contributed by atoms with E-state index in [1.54, 1.807) is 13.0 Å². The topological polar surface area (TPSA) is 79.5 Å². The predicted octanol–water partition coefficient (Wildman–Crippen LogP) is 1.88. The van der Waals surface area contributed by atoms with Crippen LogP contribution in [0.15, 0.2) is 39.6 Å². The predicted molar refractivity (Wildman–Crippen MR) is 70.0 cm³/mol. The molecule has 1 heterocycles. The summed E-state index contributed by atoms with van der Waals surface area (Å²) in [6.45, 7) is 1.28. The van der Waals surface area contributed by atoms with Gasteiger partial charge in [0, 0.05) is 12.6 Å². The van der Waals surface area contributed by atoms with Crippen LogP contribution in [0.2, 0.25) is 0 Å². The maximum absolute atomic E-state index is 13.5. The zero-order valence-electron chi connectivity index (χ0n) is 11.0. The van der Waals surface area contributed by atoms with Crippen molar-refractivity contribution >= 4 is 10.0 Å². The molecule has 114 valence electrons. The second-order valence-corrected chi connectivity index (χ2v) is 6.13. The molecule has 0 aliphatic rings. The van der Waals surface area contributed by atoms with Crippen molar-refractivity contribution in [2.24, 2.45) is 0 Å². The Balaban J connectivity index is 2.11. The minimum atomic E-state index is -4.20. The van der Waals surface area contributed by atoms with Crippen molar-refractivity contribution in [1.29, 1.82) is 0 Å². The third-order valence-corrected chi connectivity index (χ3v) is 4.20. The molecular formula is C13H13F2NO4S. The molecule has 0 fully saturated rings. The Morgan fingerprint density at radius 1 is 1.29 bits per heavy atom. The fourth-order valence-electron chi connectivity index (χ4n) is 1.69. The SMILES string of the molecule is Cc1ccc(C(O)CNS(=O)(=O)c2ccc(F)cc2F)o1. The van der Waals surface area contributed by atoms with Crippen molar-refractivity contribution < 1.29 is 26.7 Å². The first-order valence-electron chi connectivity index (χ1n) is 5.99. The van der Waals surface area contributed by atoms with Gasteiger partial charge in [0.25, 0.3) is 0 Å². The Morgan fingerprint density at radius 3 is 2.57 bits per heavy atom. The summed E-state index contributed by atoms with van der Waals surface area (Å²) < 4.78 is 57.2. The Hall–Kier alpha value is -1.77. The number of nitrogens with one attached hydrogen (secondary N) is 1. The van der Waals surface area contributed by atoms with Crippen LogP contribution in [0.25, 0.3) is 0 Å². The van der Waals surface area contributed by atoms with Crippen molar-refractivity contribution in [3.63, 3.8) is 0 Å². The van der Waals surface area contributed by atoms with Gasteiger partial charge in [0.15, 0.2) is 0 Å². The molecular weight excluding hydrogens is 304 g/mol. The first-order chi connectivity index (χ1) is 9.79. The number of halogens is 2. The van der Waals surface area contributed by atoms with E-state index in [1.807, 2.05) is 4.72 Å². The number of hydrogen-bond acceptors (Lipinski definition) is 4. The molecule has 2 rings (SSSR count). The molecule has 1 aromatic carbocycles. The lowest BCUT2D eigenvalue weighted by Gasteiger charge is -2.11. The third-order valence-electron chi connectivity index (χ3n) is 2.74. The van der Waals surface area contributed by atoms with E-state index < -0.39 is 39.2 Å². The van der Waals surface area contributed by atoms with Crippen molar-refractivity contribution in [1.82, 2.24) is 4.72 Å². The van der Waals surface area contributed by atoms with Crippen molar-refractivity contribution in [3.05, 3.63) is 53.5 Å². The van der Waals surface area contributed by atoms with Gasteiger partial charge in [-0.05, 0) is 31.2 Å². The minimum absolute atomic E-state index is 0.190. The molecule has 0 saturated heterocycles. The van der Waals surface area contributed by atoms with Crippen molar-refractivity contribution in [2.45, 2.75) is 17.9 Å². The van der Waals surface area contributed by atoms with Crippen LogP contribution in [0, 0.1) is 18.6 Å². The van der Waals surface area contributed by atoms with Gasteiger partial charge in [0.1, 0.15) is 34.2 Å². The van der Waals surface area contributed by atoms with Crippen LogP contribution >= 0.6 is 0 Å². The van der Waals surface area contributed by atoms with Crippen molar-refractivity contribution in [2.75, 3.05) is 6.54 Å². The number of rotatable bonds is 5. The van der Waals surface area contributed by atoms with Crippen LogP contribution in [-0.2, 0) is 10.0 Å². The summed E-state index contributed by atoms with van der Waals surface area (Å²) in [5.41, 5.74) is 0. The summed E-state index contributed by atoms with van der Waals surface area (Å²) in [6.07, 6.45) is -1.21. The summed E-state index contributed by atoms with van der Waals surface area (Å²) in [6, 6.07) is 5.25. The molecule has 0 saturated carbocycles. The quantitative estimate of drug-likeness (QED) is 0.882. The molecule has 2 aromatic rings. The van der Waals surface area contributed by atoms with Crippen LogP contribution in [0.3, 0.4) is 0 Å². The van der Waals surface area contributed by atoms with Crippen molar-refractivity contribution in [3.8, 4) is 0 Å². The molecule has 8 heteroatoms. The molecule has 1 unspecified atom stereocenters. The lowest BCUT2D eigenvalue weighted by Crippen LogP contribution is -2.29. The van der Waals surface area contributed by atoms with E-state index in [0.717, 1.165) is 12.1 Å². The normalized spacial score (nSPS) is 13.3. The average molecular weight is 317 g/mol. The molecule has 0 aliphatic carbocycles. The van der Waals surface area contributed by atoms with E-state index >= 15 is 0 Å². The second kappa shape index (κ2) is 5.92. The number of benzene rings is 1. The molecule has 0 spiro atoms. The first kappa shape index (κ1) is 15.6. The van der Waals surface area contributed by atoms with Gasteiger partial charge in [0.2, 0.25) is 10.0 Å². The van der Waals surface area contributed by atoms with E-state index in [4.69, 9.17) is 4.42 Å². The molecule has 1 atom stereocenters. The Kier molecular flexibility index (Phi) is 4.40. The molecule has 0 bridgehead atoms. The lowest BCUT2D eigenvalue weighted by atomic mass is 10.3. The van der Waals surface area contributed by atoms with Gasteiger partial charge in [-0.15, -0.1) is 0 Å². The summed E-state index contributed by atoms with van der Waals surface area (Å²) in [5.74, 6) is -1.32. The molecule has 0 aliphatic heterocycles. The second-order valence-electron chi connectivity index (χ2n) is 4.39. The maximum Gasteiger partial charge on any atom is 0.243 e. The molecule has 5 nitrogen and oxygen atoms in total. The monoisotopic (exact) mass is 317 g/mol. The van der Waals surface area contributed by atoms with Gasteiger partial charge < -0.3 is 9.52 Å². The van der Waals surface area contributed by atoms with Gasteiger partial charge in [-0.2, -0.15) is 0 Å². The number of hydrogen-bond donors (Lipinski definition) is 2. The van der Waals surface area contributed by atoms with Gasteiger partial charge in [-0.3, -0.25) is 0 Å². The largest absolute Gasteiger partial charge is 0.464 e. The fraction of sp³-hybridized carbons (Fsp3) is 0.231. The zero-order valence-corrected chi connectivity index (χ0v) is 11.8. The Morgan fingerprint density at radius 2 is 2.00 bits per heavy atom. The summed E-state index contributed by atoms with van der Waals surface area (Å²) in [7, 11) is -4.20. The highest BCUT2D eigenvalue weighted by Gasteiger charge is 2.21. The molecule has 0 amide bonds. The Labute approximate surface area is 120 Å². The van der Waals surface area contributed by atoms with Gasteiger partial charge >= 0.3 is 0 Å². The highest BCUT2D eigenvalue weighted by molar-refractivity contribution is 7.89. The third kappa shape index (κ3) is 3.66. The number of furan rings is 1. The van der Waals surface area contributed by atoms with E-state index in [2.05, 4.69) is 0 Å². The Bertz CT molecular complexity index is 742. The smallest absolute Gasteiger partial charge is 0.243 e. The minimum Gasteiger partial charge on any atom is -0.464 e. The van der Waals surface area contributed by atoms with Gasteiger partial charge in [0.05, 0.1) is 0 Å². The average Bonchev–Trinajstić information content (AvgIpc) is 2.82. The van der Waals surface area contributed by atoms with Gasteiger partial charge in [-0.25, -0.2) is 21.9 Å². The zero-order chi connectivity index (χ0) is 15.6. The standard InChI is InChI=1S/C13H13F2NO4S/c1-8-2-4-12(20-8)11(17)7-16-21(18,19)13-5-3-9(14)6-10(13)15/h2-6,11,16-17H,7H2,1H3. The summed E-state index contributed by atoms with van der Waals surface area (Å²) in [4.78, 5) is -0.688. The number of aliphatic hydroxyl groups is 1. The summed E-state index contributed by atoms with van der Waals surface area (Å²) >= 11 is 0. The first-order valence-corrected chi connectivity index (χ1v) is 7.47. The fourth-order valence-corrected chi connectivity index (χ4v) is 2.79.